The lowest BCUT2D eigenvalue weighted by molar-refractivity contribution is -0.153. The van der Waals surface area contributed by atoms with E-state index in [4.69, 9.17) is 5.11 Å². The lowest BCUT2D eigenvalue weighted by Crippen LogP contribution is -2.29. The Morgan fingerprint density at radius 1 is 1.46 bits per heavy atom. The molecule has 0 saturated heterocycles. The van der Waals surface area contributed by atoms with Crippen LogP contribution >= 0.6 is 0 Å². The van der Waals surface area contributed by atoms with E-state index >= 15 is 0 Å². The van der Waals surface area contributed by atoms with Gasteiger partial charge < -0.3 is 9.94 Å². The summed E-state index contributed by atoms with van der Waals surface area (Å²) in [5.74, 6) is -2.81. The fraction of sp³-hybridized carbons (Fsp3) is 0.600. The third-order valence-electron chi connectivity index (χ3n) is 0.958. The van der Waals surface area contributed by atoms with Crippen LogP contribution in [0.4, 0.5) is 0 Å². The third-order valence-corrected chi connectivity index (χ3v) is 2.06. The molecule has 13 heavy (non-hydrogen) atoms. The van der Waals surface area contributed by atoms with Crippen molar-refractivity contribution in [2.75, 3.05) is 5.75 Å². The molecule has 0 aliphatic heterocycles. The van der Waals surface area contributed by atoms with Gasteiger partial charge in [0.1, 0.15) is 6.42 Å². The standard InChI is InChI=1S/C5H9NO6S/c1-2-13(10,11)6-12-5(9)3-4(7)8/h6H,2-3H2,1H3,(H,7,8). The van der Waals surface area contributed by atoms with Crippen molar-refractivity contribution in [1.82, 2.24) is 4.89 Å². The van der Waals surface area contributed by atoms with Crippen LogP contribution in [0, 0.1) is 0 Å². The van der Waals surface area contributed by atoms with Crippen LogP contribution in [-0.2, 0) is 24.4 Å². The van der Waals surface area contributed by atoms with Gasteiger partial charge in [-0.2, -0.15) is 0 Å². The van der Waals surface area contributed by atoms with E-state index in [2.05, 4.69) is 4.84 Å². The van der Waals surface area contributed by atoms with Crippen molar-refractivity contribution >= 4 is 22.0 Å². The highest BCUT2D eigenvalue weighted by atomic mass is 32.2. The minimum atomic E-state index is -3.64. The number of sulfonamides is 1. The van der Waals surface area contributed by atoms with E-state index in [1.165, 1.54) is 11.8 Å². The van der Waals surface area contributed by atoms with Crippen molar-refractivity contribution in [3.63, 3.8) is 0 Å². The van der Waals surface area contributed by atoms with Crippen molar-refractivity contribution in [2.45, 2.75) is 13.3 Å². The molecule has 0 amide bonds. The van der Waals surface area contributed by atoms with Crippen LogP contribution in [0.5, 0.6) is 0 Å². The fourth-order valence-corrected chi connectivity index (χ4v) is 0.666. The van der Waals surface area contributed by atoms with Crippen LogP contribution in [0.1, 0.15) is 13.3 Å². The summed E-state index contributed by atoms with van der Waals surface area (Å²) in [5.41, 5.74) is 0. The van der Waals surface area contributed by atoms with Crippen molar-refractivity contribution in [2.24, 2.45) is 0 Å². The first kappa shape index (κ1) is 11.8. The van der Waals surface area contributed by atoms with Crippen molar-refractivity contribution in [3.05, 3.63) is 0 Å². The molecule has 7 nitrogen and oxygen atoms in total. The van der Waals surface area contributed by atoms with Gasteiger partial charge in [0.25, 0.3) is 0 Å². The van der Waals surface area contributed by atoms with Crippen LogP contribution in [0.15, 0.2) is 0 Å². The summed E-state index contributed by atoms with van der Waals surface area (Å²) in [4.78, 5) is 25.8. The predicted octanol–water partition coefficient (Wildman–Crippen LogP) is -1.14. The molecule has 0 bridgehead atoms. The predicted molar refractivity (Wildman–Crippen MR) is 40.9 cm³/mol. The van der Waals surface area contributed by atoms with Gasteiger partial charge in [-0.25, -0.2) is 13.2 Å². The number of nitrogens with one attached hydrogen (secondary N) is 1. The molecule has 76 valence electrons. The van der Waals surface area contributed by atoms with Crippen molar-refractivity contribution in [1.29, 1.82) is 0 Å². The summed E-state index contributed by atoms with van der Waals surface area (Å²) < 4.78 is 21.3. The van der Waals surface area contributed by atoms with E-state index in [-0.39, 0.29) is 5.75 Å². The second kappa shape index (κ2) is 4.77. The highest BCUT2D eigenvalue weighted by molar-refractivity contribution is 7.89. The molecule has 0 saturated carbocycles. The van der Waals surface area contributed by atoms with E-state index in [0.29, 0.717) is 0 Å². The molecule has 0 rings (SSSR count). The SMILES string of the molecule is CCS(=O)(=O)NOC(=O)CC(=O)O. The molecule has 0 spiro atoms. The van der Waals surface area contributed by atoms with Gasteiger partial charge in [0.15, 0.2) is 0 Å². The summed E-state index contributed by atoms with van der Waals surface area (Å²) in [6.45, 7) is 1.34. The highest BCUT2D eigenvalue weighted by Crippen LogP contribution is 1.87. The molecule has 0 aliphatic carbocycles. The van der Waals surface area contributed by atoms with E-state index in [0.717, 1.165) is 0 Å². The summed E-state index contributed by atoms with van der Waals surface area (Å²) in [6, 6.07) is 0. The van der Waals surface area contributed by atoms with Gasteiger partial charge in [0.2, 0.25) is 10.0 Å². The number of aliphatic carboxylic acids is 1. The molecule has 8 heteroatoms. The minimum absolute atomic E-state index is 0.257. The minimum Gasteiger partial charge on any atom is -0.481 e. The molecule has 0 radical (unpaired) electrons. The Morgan fingerprint density at radius 3 is 2.38 bits per heavy atom. The zero-order valence-electron chi connectivity index (χ0n) is 6.81. The number of hydrogen-bond acceptors (Lipinski definition) is 5. The first-order chi connectivity index (χ1) is 5.87. The van der Waals surface area contributed by atoms with Crippen LogP contribution in [0.25, 0.3) is 0 Å². The molecule has 0 heterocycles. The first-order valence-corrected chi connectivity index (χ1v) is 4.93. The Labute approximate surface area is 74.7 Å². The number of carbonyl (C=O) groups excluding carboxylic acids is 1. The molecule has 0 aromatic rings. The monoisotopic (exact) mass is 211 g/mol. The van der Waals surface area contributed by atoms with Crippen molar-refractivity contribution < 1.29 is 28.0 Å². The maximum Gasteiger partial charge on any atom is 0.337 e. The molecule has 0 aromatic carbocycles. The van der Waals surface area contributed by atoms with Gasteiger partial charge in [-0.1, -0.05) is 0 Å². The second-order valence-electron chi connectivity index (χ2n) is 2.03. The summed E-state index contributed by atoms with van der Waals surface area (Å²) in [5, 5.41) is 8.09. The second-order valence-corrected chi connectivity index (χ2v) is 4.00. The molecule has 0 unspecified atom stereocenters. The van der Waals surface area contributed by atoms with Gasteiger partial charge in [-0.05, 0) is 11.8 Å². The average molecular weight is 211 g/mol. The van der Waals surface area contributed by atoms with Gasteiger partial charge >= 0.3 is 11.9 Å². The van der Waals surface area contributed by atoms with E-state index in [1.54, 1.807) is 0 Å². The van der Waals surface area contributed by atoms with Crippen molar-refractivity contribution in [3.8, 4) is 0 Å². The van der Waals surface area contributed by atoms with E-state index < -0.39 is 28.4 Å². The van der Waals surface area contributed by atoms with Crippen LogP contribution in [-0.4, -0.2) is 31.2 Å². The van der Waals surface area contributed by atoms with Crippen LogP contribution < -0.4 is 4.89 Å². The third kappa shape index (κ3) is 6.05. The Balaban J connectivity index is 3.91. The largest absolute Gasteiger partial charge is 0.481 e. The Kier molecular flexibility index (Phi) is 4.35. The van der Waals surface area contributed by atoms with Gasteiger partial charge in [0.05, 0.1) is 5.75 Å². The summed E-state index contributed by atoms with van der Waals surface area (Å²) in [6.07, 6.45) is -0.883. The number of carboxylic acids is 1. The number of carbonyl (C=O) groups is 2. The maximum atomic E-state index is 10.7. The molecule has 2 N–H and O–H groups in total. The molecular formula is C5H9NO6S. The Hall–Kier alpha value is -1.15. The van der Waals surface area contributed by atoms with Crippen LogP contribution in [0.3, 0.4) is 0 Å². The zero-order chi connectivity index (χ0) is 10.5. The first-order valence-electron chi connectivity index (χ1n) is 3.28. The number of rotatable bonds is 5. The van der Waals surface area contributed by atoms with Gasteiger partial charge in [0, 0.05) is 0 Å². The molecular weight excluding hydrogens is 202 g/mol. The smallest absolute Gasteiger partial charge is 0.337 e. The molecule has 0 atom stereocenters. The lowest BCUT2D eigenvalue weighted by atomic mass is 10.5. The normalized spacial score (nSPS) is 10.8. The molecule has 0 fully saturated rings. The fourth-order valence-electron chi connectivity index (χ4n) is 0.328. The number of hydrogen-bond donors (Lipinski definition) is 2. The summed E-state index contributed by atoms with van der Waals surface area (Å²) >= 11 is 0. The van der Waals surface area contributed by atoms with E-state index in [1.807, 2.05) is 0 Å². The topological polar surface area (TPSA) is 110 Å². The summed E-state index contributed by atoms with van der Waals surface area (Å²) in [7, 11) is -3.64. The molecule has 0 aromatic heterocycles. The Morgan fingerprint density at radius 2 is 2.00 bits per heavy atom. The highest BCUT2D eigenvalue weighted by Gasteiger charge is 2.13. The van der Waals surface area contributed by atoms with E-state index in [9.17, 15) is 18.0 Å². The van der Waals surface area contributed by atoms with Gasteiger partial charge in [-0.15, -0.1) is 0 Å². The lowest BCUT2D eigenvalue weighted by Gasteiger charge is -2.02. The quantitative estimate of drug-likeness (QED) is 0.439. The average Bonchev–Trinajstić information content (AvgIpc) is 2.00. The Bertz CT molecular complexity index is 294. The maximum absolute atomic E-state index is 10.7. The van der Waals surface area contributed by atoms with Gasteiger partial charge in [-0.3, -0.25) is 4.79 Å². The zero-order valence-corrected chi connectivity index (χ0v) is 7.63. The molecule has 0 aliphatic rings. The van der Waals surface area contributed by atoms with Crippen LogP contribution in [0.2, 0.25) is 0 Å². The number of carboxylic acid groups (broad SMARTS) is 1.